The lowest BCUT2D eigenvalue weighted by Crippen LogP contribution is -2.54. The van der Waals surface area contributed by atoms with Crippen molar-refractivity contribution in [2.75, 3.05) is 31.1 Å². The number of nitrogens with one attached hydrogen (secondary N) is 1. The largest absolute Gasteiger partial charge is 0.481 e. The molecule has 2 heterocycles. The normalized spacial score (nSPS) is 25.9. The zero-order valence-corrected chi connectivity index (χ0v) is 11.4. The third kappa shape index (κ3) is 3.82. The second-order valence-electron chi connectivity index (χ2n) is 5.32. The second-order valence-corrected chi connectivity index (χ2v) is 7.55. The molecule has 2 fully saturated rings. The van der Waals surface area contributed by atoms with Crippen LogP contribution in [0.1, 0.15) is 12.8 Å². The molecule has 8 heteroatoms. The molecule has 0 aromatic carbocycles. The summed E-state index contributed by atoms with van der Waals surface area (Å²) < 4.78 is 22.5. The highest BCUT2D eigenvalue weighted by molar-refractivity contribution is 7.91. The van der Waals surface area contributed by atoms with Crippen molar-refractivity contribution in [3.8, 4) is 0 Å². The molecule has 0 aromatic rings. The molecular weight excluding hydrogens is 272 g/mol. The summed E-state index contributed by atoms with van der Waals surface area (Å²) in [5.41, 5.74) is 0. The Kier molecular flexibility index (Phi) is 3.98. The first-order valence-corrected chi connectivity index (χ1v) is 8.13. The van der Waals surface area contributed by atoms with E-state index in [-0.39, 0.29) is 35.8 Å². The lowest BCUT2D eigenvalue weighted by atomic mass is 9.97. The molecule has 2 aliphatic rings. The van der Waals surface area contributed by atoms with Crippen LogP contribution in [-0.4, -0.2) is 61.6 Å². The number of likely N-dealkylation sites (tertiary alicyclic amines) is 1. The number of urea groups is 1. The van der Waals surface area contributed by atoms with Gasteiger partial charge in [-0.05, 0) is 12.3 Å². The number of sulfone groups is 1. The average Bonchev–Trinajstić information content (AvgIpc) is 2.59. The quantitative estimate of drug-likeness (QED) is 0.729. The second kappa shape index (κ2) is 5.36. The van der Waals surface area contributed by atoms with Crippen molar-refractivity contribution in [1.29, 1.82) is 0 Å². The van der Waals surface area contributed by atoms with Crippen LogP contribution < -0.4 is 5.32 Å². The maximum absolute atomic E-state index is 11.7. The number of hydrogen-bond acceptors (Lipinski definition) is 4. The number of carboxylic acid groups (broad SMARTS) is 1. The molecule has 2 aliphatic heterocycles. The fourth-order valence-electron chi connectivity index (χ4n) is 2.49. The lowest BCUT2D eigenvalue weighted by Gasteiger charge is -2.38. The minimum atomic E-state index is -2.91. The Labute approximate surface area is 111 Å². The van der Waals surface area contributed by atoms with Gasteiger partial charge in [0.05, 0.1) is 17.9 Å². The van der Waals surface area contributed by atoms with Gasteiger partial charge < -0.3 is 15.3 Å². The number of aliphatic carboxylic acids is 1. The summed E-state index contributed by atoms with van der Waals surface area (Å²) >= 11 is 0. The first-order chi connectivity index (χ1) is 8.85. The first-order valence-electron chi connectivity index (χ1n) is 6.31. The number of carbonyl (C=O) groups is 2. The molecule has 108 valence electrons. The van der Waals surface area contributed by atoms with E-state index in [9.17, 15) is 18.0 Å². The Bertz CT molecular complexity index is 469. The maximum Gasteiger partial charge on any atom is 0.317 e. The van der Waals surface area contributed by atoms with Crippen molar-refractivity contribution < 1.29 is 23.1 Å². The molecule has 0 aliphatic carbocycles. The average molecular weight is 290 g/mol. The van der Waals surface area contributed by atoms with Gasteiger partial charge in [0.15, 0.2) is 9.84 Å². The summed E-state index contributed by atoms with van der Waals surface area (Å²) in [6.07, 6.45) is 0.689. The van der Waals surface area contributed by atoms with E-state index >= 15 is 0 Å². The third-order valence-corrected chi connectivity index (χ3v) is 5.41. The zero-order valence-electron chi connectivity index (χ0n) is 10.5. The standard InChI is InChI=1S/C11H18N2O5S/c14-10(15)3-9-5-13(6-9)11(16)12-4-8-1-2-19(17,18)7-8/h8-9H,1-7H2,(H,12,16)(H,14,15). The number of hydrogen-bond donors (Lipinski definition) is 2. The fourth-order valence-corrected chi connectivity index (χ4v) is 4.35. The molecule has 7 nitrogen and oxygen atoms in total. The summed E-state index contributed by atoms with van der Waals surface area (Å²) in [4.78, 5) is 23.7. The zero-order chi connectivity index (χ0) is 14.0. The third-order valence-electron chi connectivity index (χ3n) is 3.58. The minimum absolute atomic E-state index is 0.00467. The molecule has 0 saturated carbocycles. The van der Waals surface area contributed by atoms with Gasteiger partial charge in [-0.2, -0.15) is 0 Å². The van der Waals surface area contributed by atoms with E-state index in [1.54, 1.807) is 4.90 Å². The van der Waals surface area contributed by atoms with Crippen LogP contribution in [0.25, 0.3) is 0 Å². The van der Waals surface area contributed by atoms with Gasteiger partial charge in [-0.25, -0.2) is 13.2 Å². The molecule has 0 spiro atoms. The predicted octanol–water partition coefficient (Wildman–Crippen LogP) is -0.463. The summed E-state index contributed by atoms with van der Waals surface area (Å²) in [6.45, 7) is 1.29. The van der Waals surface area contributed by atoms with Crippen LogP contribution in [0.3, 0.4) is 0 Å². The van der Waals surface area contributed by atoms with E-state index in [0.717, 1.165) is 0 Å². The number of nitrogens with zero attached hydrogens (tertiary/aromatic N) is 1. The highest BCUT2D eigenvalue weighted by Crippen LogP contribution is 2.20. The van der Waals surface area contributed by atoms with Crippen molar-refractivity contribution in [3.63, 3.8) is 0 Å². The van der Waals surface area contributed by atoms with E-state index in [1.165, 1.54) is 0 Å². The SMILES string of the molecule is O=C(O)CC1CN(C(=O)NCC2CCS(=O)(=O)C2)C1. The van der Waals surface area contributed by atoms with E-state index in [1.807, 2.05) is 0 Å². The molecule has 19 heavy (non-hydrogen) atoms. The number of carboxylic acids is 1. The summed E-state index contributed by atoms with van der Waals surface area (Å²) in [7, 11) is -2.91. The van der Waals surface area contributed by atoms with Gasteiger partial charge >= 0.3 is 12.0 Å². The van der Waals surface area contributed by atoms with Crippen molar-refractivity contribution in [2.45, 2.75) is 12.8 Å². The molecule has 0 radical (unpaired) electrons. The van der Waals surface area contributed by atoms with E-state index < -0.39 is 15.8 Å². The Morgan fingerprint density at radius 1 is 1.26 bits per heavy atom. The molecule has 0 aromatic heterocycles. The molecule has 2 rings (SSSR count). The van der Waals surface area contributed by atoms with Crippen LogP contribution in [0.5, 0.6) is 0 Å². The number of rotatable bonds is 4. The van der Waals surface area contributed by atoms with E-state index in [2.05, 4.69) is 5.32 Å². The summed E-state index contributed by atoms with van der Waals surface area (Å²) in [5.74, 6) is -0.450. The van der Waals surface area contributed by atoms with Gasteiger partial charge in [-0.15, -0.1) is 0 Å². The van der Waals surface area contributed by atoms with Gasteiger partial charge in [0.2, 0.25) is 0 Å². The van der Waals surface area contributed by atoms with Crippen LogP contribution in [0.4, 0.5) is 4.79 Å². The smallest absolute Gasteiger partial charge is 0.317 e. The number of amides is 2. The van der Waals surface area contributed by atoms with E-state index in [4.69, 9.17) is 5.11 Å². The van der Waals surface area contributed by atoms with Gasteiger partial charge in [0.25, 0.3) is 0 Å². The van der Waals surface area contributed by atoms with Crippen LogP contribution in [0.2, 0.25) is 0 Å². The number of carbonyl (C=O) groups excluding carboxylic acids is 1. The molecule has 1 atom stereocenters. The molecule has 0 bridgehead atoms. The maximum atomic E-state index is 11.7. The van der Waals surface area contributed by atoms with Crippen molar-refractivity contribution in [3.05, 3.63) is 0 Å². The first kappa shape index (κ1) is 14.1. The van der Waals surface area contributed by atoms with Crippen LogP contribution >= 0.6 is 0 Å². The minimum Gasteiger partial charge on any atom is -0.481 e. The Morgan fingerprint density at radius 3 is 2.47 bits per heavy atom. The van der Waals surface area contributed by atoms with Crippen molar-refractivity contribution in [1.82, 2.24) is 10.2 Å². The fraction of sp³-hybridized carbons (Fsp3) is 0.818. The van der Waals surface area contributed by atoms with Crippen molar-refractivity contribution >= 4 is 21.8 Å². The monoisotopic (exact) mass is 290 g/mol. The van der Waals surface area contributed by atoms with Gasteiger partial charge in [0, 0.05) is 25.6 Å². The molecule has 2 N–H and O–H groups in total. The predicted molar refractivity (Wildman–Crippen MR) is 67.5 cm³/mol. The highest BCUT2D eigenvalue weighted by Gasteiger charge is 2.33. The Balaban J connectivity index is 1.65. The summed E-state index contributed by atoms with van der Waals surface area (Å²) in [5, 5.41) is 11.3. The summed E-state index contributed by atoms with van der Waals surface area (Å²) in [6, 6.07) is -0.231. The van der Waals surface area contributed by atoms with Crippen LogP contribution in [-0.2, 0) is 14.6 Å². The highest BCUT2D eigenvalue weighted by atomic mass is 32.2. The topological polar surface area (TPSA) is 104 Å². The Hall–Kier alpha value is -1.31. The van der Waals surface area contributed by atoms with Gasteiger partial charge in [-0.3, -0.25) is 4.79 Å². The van der Waals surface area contributed by atoms with Crippen molar-refractivity contribution in [2.24, 2.45) is 11.8 Å². The van der Waals surface area contributed by atoms with E-state index in [0.29, 0.717) is 26.1 Å². The van der Waals surface area contributed by atoms with Gasteiger partial charge in [-0.1, -0.05) is 0 Å². The molecular formula is C11H18N2O5S. The lowest BCUT2D eigenvalue weighted by molar-refractivity contribution is -0.139. The van der Waals surface area contributed by atoms with Gasteiger partial charge in [0.1, 0.15) is 0 Å². The Morgan fingerprint density at radius 2 is 1.95 bits per heavy atom. The molecule has 1 unspecified atom stereocenters. The van der Waals surface area contributed by atoms with Crippen LogP contribution in [0.15, 0.2) is 0 Å². The molecule has 2 saturated heterocycles. The van der Waals surface area contributed by atoms with Crippen LogP contribution in [0, 0.1) is 11.8 Å². The molecule has 2 amide bonds.